The Kier molecular flexibility index (Phi) is 4.24. The Hall–Kier alpha value is -0.980. The van der Waals surface area contributed by atoms with Gasteiger partial charge in [0.15, 0.2) is 0 Å². The van der Waals surface area contributed by atoms with Crippen LogP contribution in [0.4, 0.5) is 4.79 Å². The van der Waals surface area contributed by atoms with Gasteiger partial charge < -0.3 is 5.11 Å². The molecule has 8 heteroatoms. The maximum Gasteiger partial charge on any atom is 0.421 e. The van der Waals surface area contributed by atoms with Gasteiger partial charge in [-0.05, 0) is 19.1 Å². The third-order valence-corrected chi connectivity index (χ3v) is 4.77. The highest BCUT2D eigenvalue weighted by molar-refractivity contribution is 7.89. The fourth-order valence-corrected chi connectivity index (χ4v) is 3.62. The summed E-state index contributed by atoms with van der Waals surface area (Å²) in [5.41, 5.74) is 0. The molecule has 0 aliphatic rings. The van der Waals surface area contributed by atoms with Crippen LogP contribution in [0.2, 0.25) is 10.0 Å². The SMILES string of the molecule is CCN(C(=O)O)S(=O)(=O)c1c(Cl)cccc1Cl. The van der Waals surface area contributed by atoms with Crippen molar-refractivity contribution in [2.24, 2.45) is 0 Å². The smallest absolute Gasteiger partial charge is 0.421 e. The number of carbonyl (C=O) groups is 1. The van der Waals surface area contributed by atoms with E-state index in [4.69, 9.17) is 28.3 Å². The van der Waals surface area contributed by atoms with E-state index >= 15 is 0 Å². The quantitative estimate of drug-likeness (QED) is 0.931. The fraction of sp³-hybridized carbons (Fsp3) is 0.222. The molecular weight excluding hydrogens is 289 g/mol. The van der Waals surface area contributed by atoms with Crippen LogP contribution in [-0.4, -0.2) is 30.5 Å². The molecule has 0 atom stereocenters. The Labute approximate surface area is 109 Å². The van der Waals surface area contributed by atoms with Gasteiger partial charge in [-0.25, -0.2) is 17.5 Å². The van der Waals surface area contributed by atoms with Crippen LogP contribution in [0.25, 0.3) is 0 Å². The standard InChI is InChI=1S/C9H9Cl2NO4S/c1-2-12(9(13)14)17(15,16)8-6(10)4-3-5-7(8)11/h3-5H,2H2,1H3,(H,13,14). The van der Waals surface area contributed by atoms with Gasteiger partial charge in [-0.3, -0.25) is 0 Å². The minimum atomic E-state index is -4.24. The van der Waals surface area contributed by atoms with Gasteiger partial charge in [0.25, 0.3) is 10.0 Å². The molecule has 1 N–H and O–H groups in total. The lowest BCUT2D eigenvalue weighted by atomic mass is 10.4. The average Bonchev–Trinajstić information content (AvgIpc) is 2.16. The molecule has 1 aromatic rings. The van der Waals surface area contributed by atoms with Crippen LogP contribution in [0.3, 0.4) is 0 Å². The molecule has 1 aromatic carbocycles. The lowest BCUT2D eigenvalue weighted by Crippen LogP contribution is -2.35. The summed E-state index contributed by atoms with van der Waals surface area (Å²) in [5.74, 6) is 0. The molecule has 0 aliphatic carbocycles. The Morgan fingerprint density at radius 3 is 2.18 bits per heavy atom. The van der Waals surface area contributed by atoms with E-state index in [1.807, 2.05) is 0 Å². The van der Waals surface area contributed by atoms with Gasteiger partial charge in [-0.15, -0.1) is 0 Å². The van der Waals surface area contributed by atoms with E-state index in [1.165, 1.54) is 25.1 Å². The predicted octanol–water partition coefficient (Wildman–Crippen LogP) is 2.68. The number of nitrogens with zero attached hydrogens (tertiary/aromatic N) is 1. The highest BCUT2D eigenvalue weighted by Crippen LogP contribution is 2.31. The monoisotopic (exact) mass is 297 g/mol. The van der Waals surface area contributed by atoms with E-state index in [2.05, 4.69) is 0 Å². The molecule has 0 unspecified atom stereocenters. The molecule has 0 aromatic heterocycles. The van der Waals surface area contributed by atoms with E-state index < -0.39 is 21.0 Å². The van der Waals surface area contributed by atoms with E-state index in [0.717, 1.165) is 0 Å². The van der Waals surface area contributed by atoms with Crippen molar-refractivity contribution in [2.45, 2.75) is 11.8 Å². The van der Waals surface area contributed by atoms with Crippen LogP contribution in [0, 0.1) is 0 Å². The predicted molar refractivity (Wildman–Crippen MR) is 64.1 cm³/mol. The molecule has 1 amide bonds. The topological polar surface area (TPSA) is 74.7 Å². The number of amides is 1. The van der Waals surface area contributed by atoms with Gasteiger partial charge in [-0.1, -0.05) is 29.3 Å². The summed E-state index contributed by atoms with van der Waals surface area (Å²) in [5, 5.41) is 8.59. The third-order valence-electron chi connectivity index (χ3n) is 1.97. The molecule has 0 saturated carbocycles. The molecule has 1 rings (SSSR count). The summed E-state index contributed by atoms with van der Waals surface area (Å²) in [6.45, 7) is 1.18. The molecule has 5 nitrogen and oxygen atoms in total. The van der Waals surface area contributed by atoms with Crippen molar-refractivity contribution >= 4 is 39.3 Å². The van der Waals surface area contributed by atoms with Crippen molar-refractivity contribution in [3.63, 3.8) is 0 Å². The Bertz CT molecular complexity index is 524. The van der Waals surface area contributed by atoms with Gasteiger partial charge in [0.1, 0.15) is 4.90 Å². The van der Waals surface area contributed by atoms with Crippen LogP contribution in [0.1, 0.15) is 6.92 Å². The molecule has 0 fully saturated rings. The number of hydrogen-bond acceptors (Lipinski definition) is 3. The van der Waals surface area contributed by atoms with E-state index in [-0.39, 0.29) is 20.9 Å². The van der Waals surface area contributed by atoms with Crippen molar-refractivity contribution in [1.29, 1.82) is 0 Å². The molecular formula is C9H9Cl2NO4S. The zero-order valence-corrected chi connectivity index (χ0v) is 11.1. The summed E-state index contributed by atoms with van der Waals surface area (Å²) in [6.07, 6.45) is -1.58. The van der Waals surface area contributed by atoms with E-state index in [0.29, 0.717) is 0 Å². The normalized spacial score (nSPS) is 11.2. The maximum atomic E-state index is 12.0. The lowest BCUT2D eigenvalue weighted by Gasteiger charge is -2.18. The fourth-order valence-electron chi connectivity index (χ4n) is 1.25. The van der Waals surface area contributed by atoms with Gasteiger partial charge in [-0.2, -0.15) is 0 Å². The summed E-state index contributed by atoms with van der Waals surface area (Å²) in [6, 6.07) is 4.13. The summed E-state index contributed by atoms with van der Waals surface area (Å²) >= 11 is 11.5. The van der Waals surface area contributed by atoms with Crippen molar-refractivity contribution < 1.29 is 18.3 Å². The van der Waals surface area contributed by atoms with Gasteiger partial charge in [0.05, 0.1) is 10.0 Å². The first-order valence-electron chi connectivity index (χ1n) is 4.52. The first-order chi connectivity index (χ1) is 7.82. The molecule has 0 bridgehead atoms. The highest BCUT2D eigenvalue weighted by atomic mass is 35.5. The molecule has 0 saturated heterocycles. The number of hydrogen-bond donors (Lipinski definition) is 1. The van der Waals surface area contributed by atoms with Crippen LogP contribution in [-0.2, 0) is 10.0 Å². The number of halogens is 2. The molecule has 0 heterocycles. The second-order valence-electron chi connectivity index (χ2n) is 3.00. The first-order valence-corrected chi connectivity index (χ1v) is 6.71. The molecule has 0 aliphatic heterocycles. The number of carboxylic acid groups (broad SMARTS) is 1. The highest BCUT2D eigenvalue weighted by Gasteiger charge is 2.31. The Morgan fingerprint density at radius 2 is 1.82 bits per heavy atom. The van der Waals surface area contributed by atoms with Crippen LogP contribution in [0.15, 0.2) is 23.1 Å². The average molecular weight is 298 g/mol. The summed E-state index contributed by atoms with van der Waals surface area (Å²) < 4.78 is 24.3. The van der Waals surface area contributed by atoms with Crippen LogP contribution >= 0.6 is 23.2 Å². The number of sulfonamides is 1. The van der Waals surface area contributed by atoms with Crippen molar-refractivity contribution in [3.05, 3.63) is 28.2 Å². The molecule has 94 valence electrons. The van der Waals surface area contributed by atoms with Crippen LogP contribution in [0.5, 0.6) is 0 Å². The second kappa shape index (κ2) is 5.12. The molecule has 0 radical (unpaired) electrons. The van der Waals surface area contributed by atoms with Crippen molar-refractivity contribution in [2.75, 3.05) is 6.54 Å². The minimum Gasteiger partial charge on any atom is -0.464 e. The number of benzene rings is 1. The Balaban J connectivity index is 3.46. The minimum absolute atomic E-state index is 0.114. The zero-order valence-electron chi connectivity index (χ0n) is 8.72. The van der Waals surface area contributed by atoms with E-state index in [1.54, 1.807) is 0 Å². The van der Waals surface area contributed by atoms with Crippen LogP contribution < -0.4 is 0 Å². The van der Waals surface area contributed by atoms with Gasteiger partial charge >= 0.3 is 6.09 Å². The third kappa shape index (κ3) is 2.65. The van der Waals surface area contributed by atoms with Gasteiger partial charge in [0.2, 0.25) is 0 Å². The first kappa shape index (κ1) is 14.1. The lowest BCUT2D eigenvalue weighted by molar-refractivity contribution is 0.173. The second-order valence-corrected chi connectivity index (χ2v) is 5.62. The van der Waals surface area contributed by atoms with Gasteiger partial charge in [0, 0.05) is 6.54 Å². The molecule has 0 spiro atoms. The number of rotatable bonds is 3. The summed E-state index contributed by atoms with van der Waals surface area (Å²) in [7, 11) is -4.24. The van der Waals surface area contributed by atoms with E-state index in [9.17, 15) is 13.2 Å². The zero-order chi connectivity index (χ0) is 13.2. The van der Waals surface area contributed by atoms with Crippen molar-refractivity contribution in [1.82, 2.24) is 4.31 Å². The molecule has 17 heavy (non-hydrogen) atoms. The summed E-state index contributed by atoms with van der Waals surface area (Å²) in [4.78, 5) is 10.4. The maximum absolute atomic E-state index is 12.0. The largest absolute Gasteiger partial charge is 0.464 e. The Morgan fingerprint density at radius 1 is 1.35 bits per heavy atom. The van der Waals surface area contributed by atoms with Crippen molar-refractivity contribution in [3.8, 4) is 0 Å².